The van der Waals surface area contributed by atoms with Gasteiger partial charge in [0.2, 0.25) is 5.88 Å². The van der Waals surface area contributed by atoms with Crippen molar-refractivity contribution in [3.63, 3.8) is 0 Å². The van der Waals surface area contributed by atoms with Gasteiger partial charge in [-0.2, -0.15) is 0 Å². The van der Waals surface area contributed by atoms with Gasteiger partial charge in [0.1, 0.15) is 5.56 Å². The number of H-pyrrole nitrogens is 1. The second kappa shape index (κ2) is 7.25. The molecule has 2 heterocycles. The van der Waals surface area contributed by atoms with E-state index in [1.54, 1.807) is 31.2 Å². The number of nitrogens with one attached hydrogen (secondary N) is 1. The highest BCUT2D eigenvalue weighted by atomic mass is 35.5. The van der Waals surface area contributed by atoms with Gasteiger partial charge < -0.3 is 9.84 Å². The second-order valence-electron chi connectivity index (χ2n) is 5.83. The van der Waals surface area contributed by atoms with Gasteiger partial charge in [0, 0.05) is 11.6 Å². The molecule has 1 atom stereocenters. The summed E-state index contributed by atoms with van der Waals surface area (Å²) in [5.41, 5.74) is -0.720. The van der Waals surface area contributed by atoms with Crippen LogP contribution in [-0.4, -0.2) is 39.6 Å². The highest BCUT2D eigenvalue weighted by molar-refractivity contribution is 6.30. The van der Waals surface area contributed by atoms with Crippen molar-refractivity contribution in [2.24, 2.45) is 4.99 Å². The summed E-state index contributed by atoms with van der Waals surface area (Å²) in [5, 5.41) is 11.0. The van der Waals surface area contributed by atoms with Gasteiger partial charge in [-0.25, -0.2) is 9.36 Å². The summed E-state index contributed by atoms with van der Waals surface area (Å²) in [6, 6.07) is 6.33. The topological polar surface area (TPSA) is 96.7 Å². The quantitative estimate of drug-likeness (QED) is 0.810. The molecule has 2 N–H and O–H groups in total. The summed E-state index contributed by atoms with van der Waals surface area (Å²) in [6.07, 6.45) is 1.94. The van der Waals surface area contributed by atoms with Crippen molar-refractivity contribution in [1.82, 2.24) is 9.55 Å². The van der Waals surface area contributed by atoms with E-state index in [2.05, 4.69) is 9.98 Å². The fraction of sp³-hybridized carbons (Fsp3) is 0.353. The Bertz CT molecular complexity index is 909. The molecule has 25 heavy (non-hydrogen) atoms. The predicted molar refractivity (Wildman–Crippen MR) is 95.4 cm³/mol. The Morgan fingerprint density at radius 3 is 2.76 bits per heavy atom. The van der Waals surface area contributed by atoms with Gasteiger partial charge in [0.05, 0.1) is 24.0 Å². The molecular formula is C17H18ClN3O4. The van der Waals surface area contributed by atoms with E-state index < -0.39 is 17.1 Å². The van der Waals surface area contributed by atoms with Gasteiger partial charge in [-0.05, 0) is 44.0 Å². The van der Waals surface area contributed by atoms with E-state index in [4.69, 9.17) is 16.3 Å². The van der Waals surface area contributed by atoms with Crippen molar-refractivity contribution in [2.75, 3.05) is 13.2 Å². The van der Waals surface area contributed by atoms with Crippen molar-refractivity contribution >= 4 is 17.3 Å². The third kappa shape index (κ3) is 3.67. The number of aromatic amines is 1. The van der Waals surface area contributed by atoms with Gasteiger partial charge in [0.25, 0.3) is 5.56 Å². The average Bonchev–Trinajstić information content (AvgIpc) is 3.07. The van der Waals surface area contributed by atoms with Crippen molar-refractivity contribution < 1.29 is 9.84 Å². The summed E-state index contributed by atoms with van der Waals surface area (Å²) < 4.78 is 6.51. The molecule has 0 aliphatic carbocycles. The number of benzene rings is 1. The number of hydrogen-bond donors (Lipinski definition) is 2. The van der Waals surface area contributed by atoms with E-state index in [-0.39, 0.29) is 11.7 Å². The molecule has 0 spiro atoms. The first-order valence-corrected chi connectivity index (χ1v) is 8.32. The lowest BCUT2D eigenvalue weighted by Crippen LogP contribution is -2.33. The number of ether oxygens (including phenoxy) is 1. The van der Waals surface area contributed by atoms with E-state index in [0.29, 0.717) is 29.6 Å². The monoisotopic (exact) mass is 363 g/mol. The molecule has 7 nitrogen and oxygen atoms in total. The highest BCUT2D eigenvalue weighted by Gasteiger charge is 2.19. The molecular weight excluding hydrogens is 346 g/mol. The van der Waals surface area contributed by atoms with Crippen LogP contribution in [0.1, 0.15) is 25.3 Å². The second-order valence-corrected chi connectivity index (χ2v) is 6.27. The molecule has 132 valence electrons. The normalized spacial score (nSPS) is 17.8. The van der Waals surface area contributed by atoms with Crippen LogP contribution in [0.15, 0.2) is 38.8 Å². The Hall–Kier alpha value is -2.38. The van der Waals surface area contributed by atoms with Crippen LogP contribution >= 0.6 is 11.6 Å². The molecule has 0 bridgehead atoms. The van der Waals surface area contributed by atoms with Gasteiger partial charge in [-0.3, -0.25) is 14.8 Å². The van der Waals surface area contributed by atoms with Crippen molar-refractivity contribution in [1.29, 1.82) is 0 Å². The summed E-state index contributed by atoms with van der Waals surface area (Å²) >= 11 is 5.85. The van der Waals surface area contributed by atoms with Crippen LogP contribution in [-0.2, 0) is 4.74 Å². The molecule has 0 unspecified atom stereocenters. The number of hydrogen-bond acceptors (Lipinski definition) is 5. The number of aromatic hydroxyl groups is 1. The molecule has 1 aliphatic rings. The van der Waals surface area contributed by atoms with Gasteiger partial charge in [-0.15, -0.1) is 0 Å². The summed E-state index contributed by atoms with van der Waals surface area (Å²) in [4.78, 5) is 30.9. The molecule has 0 amide bonds. The minimum absolute atomic E-state index is 0.0262. The van der Waals surface area contributed by atoms with Crippen molar-refractivity contribution in [3.8, 4) is 11.6 Å². The number of nitrogens with zero attached hydrogens (tertiary/aromatic N) is 2. The van der Waals surface area contributed by atoms with Crippen LogP contribution < -0.4 is 11.2 Å². The van der Waals surface area contributed by atoms with E-state index in [1.165, 1.54) is 0 Å². The molecule has 1 aromatic heterocycles. The zero-order valence-electron chi connectivity index (χ0n) is 13.7. The van der Waals surface area contributed by atoms with E-state index in [9.17, 15) is 14.7 Å². The minimum atomic E-state index is -0.736. The van der Waals surface area contributed by atoms with E-state index in [1.807, 2.05) is 0 Å². The van der Waals surface area contributed by atoms with Gasteiger partial charge in [-0.1, -0.05) is 11.6 Å². The van der Waals surface area contributed by atoms with Crippen molar-refractivity contribution in [2.45, 2.75) is 25.9 Å². The fourth-order valence-electron chi connectivity index (χ4n) is 2.79. The van der Waals surface area contributed by atoms with Crippen LogP contribution in [0.3, 0.4) is 0 Å². The Morgan fingerprint density at radius 1 is 1.40 bits per heavy atom. The maximum atomic E-state index is 12.2. The number of aliphatic imine (C=N–C) groups is 1. The molecule has 0 radical (unpaired) electrons. The fourth-order valence-corrected chi connectivity index (χ4v) is 2.91. The van der Waals surface area contributed by atoms with Crippen LogP contribution in [0, 0.1) is 0 Å². The molecule has 0 saturated carbocycles. The maximum Gasteiger partial charge on any atom is 0.335 e. The van der Waals surface area contributed by atoms with Crippen molar-refractivity contribution in [3.05, 3.63) is 55.7 Å². The van der Waals surface area contributed by atoms with Gasteiger partial charge in [0.15, 0.2) is 0 Å². The smallest absolute Gasteiger partial charge is 0.335 e. The molecule has 1 aromatic carbocycles. The Labute approximate surface area is 148 Å². The lowest BCUT2D eigenvalue weighted by Gasteiger charge is -2.12. The molecule has 2 aromatic rings. The Balaban J connectivity index is 2.03. The number of aromatic nitrogens is 2. The SMILES string of the molecule is CC(=NC[C@H]1CCCO1)c1c(O)n(-c2ccc(Cl)cc2)c(=O)[nH]c1=O. The first kappa shape index (κ1) is 17.4. The third-order valence-corrected chi connectivity index (χ3v) is 4.34. The van der Waals surface area contributed by atoms with E-state index >= 15 is 0 Å². The number of halogens is 1. The molecule has 3 rings (SSSR count). The standard InChI is InChI=1S/C17H18ClN3O4/c1-10(19-9-13-3-2-8-25-13)14-15(22)20-17(24)21(16(14)23)12-6-4-11(18)5-7-12/h4-7,13,23H,2-3,8-9H2,1H3,(H,20,22,24)/t13-/m1/s1. The lowest BCUT2D eigenvalue weighted by molar-refractivity contribution is 0.118. The molecule has 8 heteroatoms. The first-order chi connectivity index (χ1) is 12.0. The van der Waals surface area contributed by atoms with Crippen LogP contribution in [0.5, 0.6) is 5.88 Å². The van der Waals surface area contributed by atoms with Crippen LogP contribution in [0.25, 0.3) is 5.69 Å². The zero-order chi connectivity index (χ0) is 18.0. The highest BCUT2D eigenvalue weighted by Crippen LogP contribution is 2.19. The molecule has 1 saturated heterocycles. The summed E-state index contributed by atoms with van der Waals surface area (Å²) in [5.74, 6) is -0.454. The molecule has 1 aliphatic heterocycles. The summed E-state index contributed by atoms with van der Waals surface area (Å²) in [7, 11) is 0. The number of rotatable bonds is 4. The Kier molecular flexibility index (Phi) is 5.06. The van der Waals surface area contributed by atoms with Crippen LogP contribution in [0.2, 0.25) is 5.02 Å². The first-order valence-electron chi connectivity index (χ1n) is 7.94. The van der Waals surface area contributed by atoms with E-state index in [0.717, 1.165) is 17.4 Å². The zero-order valence-corrected chi connectivity index (χ0v) is 14.4. The third-order valence-electron chi connectivity index (χ3n) is 4.09. The average molecular weight is 364 g/mol. The predicted octanol–water partition coefficient (Wildman–Crippen LogP) is 1.87. The van der Waals surface area contributed by atoms with Gasteiger partial charge >= 0.3 is 5.69 Å². The minimum Gasteiger partial charge on any atom is -0.493 e. The van der Waals surface area contributed by atoms with Crippen LogP contribution in [0.4, 0.5) is 0 Å². The Morgan fingerprint density at radius 2 is 2.12 bits per heavy atom. The summed E-state index contributed by atoms with van der Waals surface area (Å²) in [6.45, 7) is 2.74. The molecule has 1 fully saturated rings. The largest absolute Gasteiger partial charge is 0.493 e. The maximum absolute atomic E-state index is 12.2. The lowest BCUT2D eigenvalue weighted by atomic mass is 10.2.